The van der Waals surface area contributed by atoms with Crippen LogP contribution in [0.3, 0.4) is 0 Å². The quantitative estimate of drug-likeness (QED) is 0.186. The van der Waals surface area contributed by atoms with Gasteiger partial charge in [-0.1, -0.05) is 12.1 Å². The van der Waals surface area contributed by atoms with Gasteiger partial charge in [-0.05, 0) is 23.8 Å². The Labute approximate surface area is 233 Å². The van der Waals surface area contributed by atoms with Crippen LogP contribution in [0.25, 0.3) is 0 Å². The lowest BCUT2D eigenvalue weighted by Gasteiger charge is -2.45. The predicted octanol–water partition coefficient (Wildman–Crippen LogP) is -1.46. The van der Waals surface area contributed by atoms with E-state index in [1.807, 2.05) is 0 Å². The second-order valence-electron chi connectivity index (χ2n) is 10.5. The Balaban J connectivity index is 1.38. The van der Waals surface area contributed by atoms with Gasteiger partial charge in [0.1, 0.15) is 42.4 Å². The van der Waals surface area contributed by atoms with Crippen LogP contribution in [0.2, 0.25) is 0 Å². The largest absolute Gasteiger partial charge is 0.508 e. The molecule has 4 heterocycles. The number of carbonyl (C=O) groups excluding carboxylic acids is 2. The zero-order chi connectivity index (χ0) is 29.2. The van der Waals surface area contributed by atoms with Crippen LogP contribution < -0.4 is 0 Å². The Morgan fingerprint density at radius 2 is 1.78 bits per heavy atom. The van der Waals surface area contributed by atoms with Gasteiger partial charge in [-0.2, -0.15) is 0 Å². The SMILES string of the molecule is COC(=O)C1=CO[C@@H](O[C@@H]2O[C@H](CO)[C@@H](O)[C@H](O)[C@H]2O)[C@H]2[C@@H]1[C@@H]1O[C@@H]1[C@@]21C=C([C@H](OC)c2ccc(O)cc2)C(=O)O1. The Morgan fingerprint density at radius 3 is 2.44 bits per heavy atom. The summed E-state index contributed by atoms with van der Waals surface area (Å²) in [6, 6.07) is 6.11. The molecule has 12 atom stereocenters. The minimum Gasteiger partial charge on any atom is -0.508 e. The lowest BCUT2D eigenvalue weighted by atomic mass is 9.78. The van der Waals surface area contributed by atoms with Gasteiger partial charge in [-0.3, -0.25) is 0 Å². The highest BCUT2D eigenvalue weighted by molar-refractivity contribution is 5.94. The van der Waals surface area contributed by atoms with E-state index in [1.165, 1.54) is 26.4 Å². The van der Waals surface area contributed by atoms with Gasteiger partial charge in [0.05, 0.1) is 43.1 Å². The van der Waals surface area contributed by atoms with Crippen LogP contribution in [0.5, 0.6) is 5.75 Å². The third kappa shape index (κ3) is 4.33. The van der Waals surface area contributed by atoms with Gasteiger partial charge in [-0.15, -0.1) is 0 Å². The highest BCUT2D eigenvalue weighted by Crippen LogP contribution is 2.63. The van der Waals surface area contributed by atoms with E-state index in [9.17, 15) is 35.1 Å². The summed E-state index contributed by atoms with van der Waals surface area (Å²) in [4.78, 5) is 26.1. The number of aliphatic hydroxyl groups excluding tert-OH is 4. The molecule has 3 fully saturated rings. The monoisotopic (exact) mass is 578 g/mol. The van der Waals surface area contributed by atoms with Gasteiger partial charge in [0, 0.05) is 13.0 Å². The topological polar surface area (TPSA) is 203 Å². The molecule has 41 heavy (non-hydrogen) atoms. The molecule has 14 nitrogen and oxygen atoms in total. The first-order valence-corrected chi connectivity index (χ1v) is 13.0. The van der Waals surface area contributed by atoms with Crippen molar-refractivity contribution in [2.75, 3.05) is 20.8 Å². The first-order valence-electron chi connectivity index (χ1n) is 13.0. The number of aromatic hydroxyl groups is 1. The second-order valence-corrected chi connectivity index (χ2v) is 10.5. The molecule has 0 radical (unpaired) electrons. The van der Waals surface area contributed by atoms with Crippen LogP contribution in [0, 0.1) is 11.8 Å². The molecular weight excluding hydrogens is 548 g/mol. The maximum Gasteiger partial charge on any atom is 0.337 e. The smallest absolute Gasteiger partial charge is 0.337 e. The summed E-state index contributed by atoms with van der Waals surface area (Å²) in [5.74, 6) is -3.01. The van der Waals surface area contributed by atoms with E-state index >= 15 is 0 Å². The van der Waals surface area contributed by atoms with E-state index in [1.54, 1.807) is 18.2 Å². The van der Waals surface area contributed by atoms with Crippen molar-refractivity contribution >= 4 is 11.9 Å². The maximum absolute atomic E-state index is 13.4. The van der Waals surface area contributed by atoms with Crippen LogP contribution in [0.15, 0.2) is 47.7 Å². The van der Waals surface area contributed by atoms with E-state index in [2.05, 4.69) is 0 Å². The summed E-state index contributed by atoms with van der Waals surface area (Å²) in [6.07, 6.45) is -8.58. The highest BCUT2D eigenvalue weighted by atomic mass is 16.8. The Kier molecular flexibility index (Phi) is 7.07. The number of fused-ring (bicyclic) bond motifs is 5. The Hall–Kier alpha value is -3.08. The summed E-state index contributed by atoms with van der Waals surface area (Å²) in [7, 11) is 2.62. The number of ether oxygens (including phenoxy) is 7. The minimum atomic E-state index is -1.73. The number of carbonyl (C=O) groups is 2. The zero-order valence-electron chi connectivity index (χ0n) is 21.9. The number of hydrogen-bond donors (Lipinski definition) is 5. The number of hydrogen-bond acceptors (Lipinski definition) is 14. The van der Waals surface area contributed by atoms with Crippen LogP contribution in [-0.4, -0.2) is 113 Å². The van der Waals surface area contributed by atoms with Crippen molar-refractivity contribution in [3.05, 3.63) is 53.3 Å². The number of phenols is 1. The van der Waals surface area contributed by atoms with E-state index in [0.717, 1.165) is 6.26 Å². The van der Waals surface area contributed by atoms with E-state index in [0.29, 0.717) is 5.56 Å². The molecule has 0 amide bonds. The predicted molar refractivity (Wildman–Crippen MR) is 130 cm³/mol. The van der Waals surface area contributed by atoms with Crippen molar-refractivity contribution in [2.45, 2.75) is 60.9 Å². The first kappa shape index (κ1) is 28.1. The standard InChI is InChI=1S/C27H30O14/c1-35-20(10-3-5-11(29)6-4-10)12-7-27(41-24(12)34)16-15(21-22(27)39-21)13(23(33)36-2)9-37-25(16)40-26-19(32)18(31)17(30)14(8-28)38-26/h3-7,9,14-22,25-26,28-32H,8H2,1-2H3/t14-,15-,16-,17-,18+,19-,20-,21+,22+,25+,26+,27-/m1/s1. The Morgan fingerprint density at radius 1 is 1.05 bits per heavy atom. The van der Waals surface area contributed by atoms with Gasteiger partial charge in [0.2, 0.25) is 6.29 Å². The molecule has 5 aliphatic rings. The van der Waals surface area contributed by atoms with Crippen molar-refractivity contribution in [2.24, 2.45) is 11.8 Å². The normalized spacial score (nSPS) is 41.5. The zero-order valence-corrected chi connectivity index (χ0v) is 21.9. The average molecular weight is 579 g/mol. The molecule has 14 heteroatoms. The van der Waals surface area contributed by atoms with E-state index in [-0.39, 0.29) is 16.9 Å². The summed E-state index contributed by atoms with van der Waals surface area (Å²) >= 11 is 0. The number of methoxy groups -OCH3 is 2. The van der Waals surface area contributed by atoms with Gasteiger partial charge >= 0.3 is 11.9 Å². The molecule has 2 saturated heterocycles. The van der Waals surface area contributed by atoms with Crippen molar-refractivity contribution in [3.8, 4) is 5.75 Å². The molecule has 0 aromatic heterocycles. The molecule has 0 bridgehead atoms. The van der Waals surface area contributed by atoms with E-state index in [4.69, 9.17) is 33.2 Å². The van der Waals surface area contributed by atoms with Gasteiger partial charge in [-0.25, -0.2) is 9.59 Å². The molecule has 1 aromatic rings. The number of esters is 2. The van der Waals surface area contributed by atoms with Crippen molar-refractivity contribution in [1.82, 2.24) is 0 Å². The molecular formula is C27H30O14. The van der Waals surface area contributed by atoms with Crippen LogP contribution >= 0.6 is 0 Å². The fraction of sp³-hybridized carbons (Fsp3) is 0.556. The summed E-state index contributed by atoms with van der Waals surface area (Å²) in [6.45, 7) is -0.671. The number of phenolic OH excluding ortho intramolecular Hbond substituents is 1. The molecule has 5 N–H and O–H groups in total. The van der Waals surface area contributed by atoms with Crippen molar-refractivity contribution in [3.63, 3.8) is 0 Å². The minimum absolute atomic E-state index is 0.0329. The highest BCUT2D eigenvalue weighted by Gasteiger charge is 2.78. The molecule has 1 spiro atoms. The number of benzene rings is 1. The molecule has 4 aliphatic heterocycles. The van der Waals surface area contributed by atoms with Crippen molar-refractivity contribution in [1.29, 1.82) is 0 Å². The lowest BCUT2D eigenvalue weighted by Crippen LogP contribution is -2.61. The molecule has 1 aliphatic carbocycles. The van der Waals surface area contributed by atoms with Crippen LogP contribution in [0.4, 0.5) is 0 Å². The van der Waals surface area contributed by atoms with Gasteiger partial charge in [0.15, 0.2) is 11.9 Å². The third-order valence-corrected chi connectivity index (χ3v) is 8.35. The van der Waals surface area contributed by atoms with Gasteiger partial charge < -0.3 is 58.7 Å². The number of rotatable bonds is 7. The third-order valence-electron chi connectivity index (χ3n) is 8.35. The summed E-state index contributed by atoms with van der Waals surface area (Å²) < 4.78 is 39.8. The second kappa shape index (κ2) is 10.3. The lowest BCUT2D eigenvalue weighted by molar-refractivity contribution is -0.347. The first-order chi connectivity index (χ1) is 19.6. The molecule has 1 saturated carbocycles. The molecule has 1 aromatic carbocycles. The molecule has 0 unspecified atom stereocenters. The number of epoxide rings is 1. The average Bonchev–Trinajstić information content (AvgIpc) is 3.65. The fourth-order valence-electron chi connectivity index (χ4n) is 6.35. The van der Waals surface area contributed by atoms with Gasteiger partial charge in [0.25, 0.3) is 0 Å². The van der Waals surface area contributed by atoms with Crippen molar-refractivity contribution < 1.29 is 68.3 Å². The summed E-state index contributed by atoms with van der Waals surface area (Å²) in [5.41, 5.74) is -0.663. The fourth-order valence-corrected chi connectivity index (χ4v) is 6.35. The molecule has 6 rings (SSSR count). The van der Waals surface area contributed by atoms with Crippen LogP contribution in [0.1, 0.15) is 11.7 Å². The molecule has 222 valence electrons. The Bertz CT molecular complexity index is 1260. The van der Waals surface area contributed by atoms with E-state index < -0.39 is 91.3 Å². The maximum atomic E-state index is 13.4. The van der Waals surface area contributed by atoms with Crippen LogP contribution in [-0.2, 0) is 42.7 Å². The summed E-state index contributed by atoms with van der Waals surface area (Å²) in [5, 5.41) is 50.3. The number of aliphatic hydroxyl groups is 4.